The van der Waals surface area contributed by atoms with Crippen molar-refractivity contribution in [3.05, 3.63) is 34.1 Å². The van der Waals surface area contributed by atoms with Crippen LogP contribution in [0.2, 0.25) is 0 Å². The lowest BCUT2D eigenvalue weighted by Crippen LogP contribution is -2.45. The van der Waals surface area contributed by atoms with Gasteiger partial charge in [-0.3, -0.25) is 9.69 Å². The number of anilines is 1. The Morgan fingerprint density at radius 3 is 2.67 bits per heavy atom. The summed E-state index contributed by atoms with van der Waals surface area (Å²) in [6, 6.07) is 9.15. The number of nitrogens with zero attached hydrogens (tertiary/aromatic N) is 3. The highest BCUT2D eigenvalue weighted by atomic mass is 79.9. The van der Waals surface area contributed by atoms with E-state index in [-0.39, 0.29) is 12.5 Å². The van der Waals surface area contributed by atoms with Gasteiger partial charge in [-0.15, -0.1) is 0 Å². The lowest BCUT2D eigenvalue weighted by atomic mass is 10.0. The highest BCUT2D eigenvalue weighted by Crippen LogP contribution is 2.32. The lowest BCUT2D eigenvalue weighted by Gasteiger charge is -2.23. The summed E-state index contributed by atoms with van der Waals surface area (Å²) in [5.41, 5.74) is 7.80. The van der Waals surface area contributed by atoms with Gasteiger partial charge < -0.3 is 5.73 Å². The third kappa shape index (κ3) is 4.41. The molecule has 126 valence electrons. The summed E-state index contributed by atoms with van der Waals surface area (Å²) < 4.78 is 5.32. The molecule has 2 N–H and O–H groups in total. The van der Waals surface area contributed by atoms with Crippen LogP contribution in [0.25, 0.3) is 11.1 Å². The van der Waals surface area contributed by atoms with Gasteiger partial charge in [-0.2, -0.15) is 9.64 Å². The van der Waals surface area contributed by atoms with E-state index in [1.807, 2.05) is 49.6 Å². The number of carbonyl (C=O) groups is 1. The predicted molar refractivity (Wildman–Crippen MR) is 101 cm³/mol. The number of carbonyl (C=O) groups excluding carboxylic acids is 1. The second-order valence-corrected chi connectivity index (χ2v) is 7.42. The first-order valence-electron chi connectivity index (χ1n) is 7.58. The van der Waals surface area contributed by atoms with Crippen molar-refractivity contribution in [2.75, 3.05) is 11.4 Å². The van der Waals surface area contributed by atoms with Crippen LogP contribution in [0.15, 0.2) is 34.1 Å². The van der Waals surface area contributed by atoms with Crippen molar-refractivity contribution in [1.29, 1.82) is 5.26 Å². The Labute approximate surface area is 154 Å². The number of nitriles is 1. The van der Waals surface area contributed by atoms with Gasteiger partial charge in [0.25, 0.3) is 0 Å². The number of amides is 1. The normalized spacial score (nSPS) is 12.0. The zero-order valence-electron chi connectivity index (χ0n) is 13.6. The first kappa shape index (κ1) is 18.6. The van der Waals surface area contributed by atoms with Crippen LogP contribution in [-0.2, 0) is 4.79 Å². The zero-order chi connectivity index (χ0) is 17.7. The van der Waals surface area contributed by atoms with Crippen molar-refractivity contribution < 1.29 is 4.79 Å². The fourth-order valence-corrected chi connectivity index (χ4v) is 3.35. The molecule has 0 fully saturated rings. The Morgan fingerprint density at radius 2 is 2.08 bits per heavy atom. The molecule has 1 aromatic heterocycles. The van der Waals surface area contributed by atoms with Crippen LogP contribution in [-0.4, -0.2) is 22.9 Å². The molecule has 1 heterocycles. The summed E-state index contributed by atoms with van der Waals surface area (Å²) in [5.74, 6) is 0.525. The topological polar surface area (TPSA) is 83.0 Å². The molecular weight excluding hydrogens is 388 g/mol. The van der Waals surface area contributed by atoms with Gasteiger partial charge >= 0.3 is 0 Å². The van der Waals surface area contributed by atoms with Crippen LogP contribution < -0.4 is 10.6 Å². The van der Waals surface area contributed by atoms with Gasteiger partial charge in [0.1, 0.15) is 6.54 Å². The highest BCUT2D eigenvalue weighted by Gasteiger charge is 2.26. The van der Waals surface area contributed by atoms with Gasteiger partial charge in [-0.1, -0.05) is 41.9 Å². The molecule has 1 aromatic carbocycles. The number of halogens is 1. The summed E-state index contributed by atoms with van der Waals surface area (Å²) in [6.45, 7) is 3.95. The van der Waals surface area contributed by atoms with E-state index < -0.39 is 6.04 Å². The average molecular weight is 407 g/mol. The van der Waals surface area contributed by atoms with Crippen LogP contribution >= 0.6 is 27.5 Å². The van der Waals surface area contributed by atoms with Crippen molar-refractivity contribution in [1.82, 2.24) is 4.37 Å². The van der Waals surface area contributed by atoms with E-state index in [4.69, 9.17) is 11.0 Å². The zero-order valence-corrected chi connectivity index (χ0v) is 16.0. The molecule has 1 atom stereocenters. The predicted octanol–water partition coefficient (Wildman–Crippen LogP) is 3.80. The minimum Gasteiger partial charge on any atom is -0.320 e. The maximum absolute atomic E-state index is 12.7. The van der Waals surface area contributed by atoms with Crippen LogP contribution in [0, 0.1) is 17.2 Å². The van der Waals surface area contributed by atoms with E-state index in [0.29, 0.717) is 18.2 Å². The third-order valence-corrected chi connectivity index (χ3v) is 4.65. The molecule has 0 unspecified atom stereocenters. The highest BCUT2D eigenvalue weighted by molar-refractivity contribution is 9.10. The Hall–Kier alpha value is -1.75. The molecule has 0 saturated carbocycles. The average Bonchev–Trinajstić information content (AvgIpc) is 3.01. The molecule has 7 heteroatoms. The second-order valence-electron chi connectivity index (χ2n) is 5.88. The number of nitrogens with two attached hydrogens (primary N) is 1. The van der Waals surface area contributed by atoms with Crippen molar-refractivity contribution in [3.8, 4) is 17.2 Å². The van der Waals surface area contributed by atoms with E-state index in [9.17, 15) is 4.79 Å². The van der Waals surface area contributed by atoms with Gasteiger partial charge in [0, 0.05) is 15.4 Å². The number of rotatable bonds is 6. The molecule has 1 amide bonds. The molecule has 0 aliphatic heterocycles. The smallest absolute Gasteiger partial charge is 0.246 e. The largest absolute Gasteiger partial charge is 0.320 e. The molecule has 0 radical (unpaired) electrons. The Kier molecular flexibility index (Phi) is 6.49. The summed E-state index contributed by atoms with van der Waals surface area (Å²) >= 11 is 4.67. The molecule has 0 spiro atoms. The van der Waals surface area contributed by atoms with Gasteiger partial charge in [-0.25, -0.2) is 0 Å². The van der Waals surface area contributed by atoms with Crippen LogP contribution in [0.5, 0.6) is 0 Å². The maximum atomic E-state index is 12.7. The SMILES string of the molecule is CC(C)C[C@H](N)C(=O)N(CC#N)c1nscc1-c1ccc(Br)cc1. The van der Waals surface area contributed by atoms with Crippen molar-refractivity contribution in [2.45, 2.75) is 26.3 Å². The van der Waals surface area contributed by atoms with Gasteiger partial charge in [0.05, 0.1) is 12.1 Å². The van der Waals surface area contributed by atoms with Crippen LogP contribution in [0.3, 0.4) is 0 Å². The van der Waals surface area contributed by atoms with Crippen molar-refractivity contribution >= 4 is 39.2 Å². The maximum Gasteiger partial charge on any atom is 0.246 e. The van der Waals surface area contributed by atoms with E-state index in [2.05, 4.69) is 20.3 Å². The third-order valence-electron chi connectivity index (χ3n) is 3.50. The summed E-state index contributed by atoms with van der Waals surface area (Å²) in [6.07, 6.45) is 0.568. The molecular formula is C17H19BrN4OS. The fraction of sp³-hybridized carbons (Fsp3) is 0.353. The van der Waals surface area contributed by atoms with E-state index >= 15 is 0 Å². The van der Waals surface area contributed by atoms with E-state index in [1.165, 1.54) is 16.4 Å². The Morgan fingerprint density at radius 1 is 1.42 bits per heavy atom. The van der Waals surface area contributed by atoms with E-state index in [0.717, 1.165) is 15.6 Å². The summed E-state index contributed by atoms with van der Waals surface area (Å²) in [4.78, 5) is 14.1. The molecule has 2 rings (SSSR count). The van der Waals surface area contributed by atoms with Gasteiger partial charge in [-0.05, 0) is 41.6 Å². The number of hydrogen-bond donors (Lipinski definition) is 1. The Bertz CT molecular complexity index is 736. The molecule has 0 aliphatic carbocycles. The van der Waals surface area contributed by atoms with Crippen molar-refractivity contribution in [3.63, 3.8) is 0 Å². The number of aromatic nitrogens is 1. The molecule has 2 aromatic rings. The fourth-order valence-electron chi connectivity index (χ4n) is 2.39. The first-order chi connectivity index (χ1) is 11.4. The standard InChI is InChI=1S/C17H19BrN4OS/c1-11(2)9-15(20)17(23)22(8-7-19)16-14(10-24-21-16)12-3-5-13(18)6-4-12/h3-6,10-11,15H,8-9,20H2,1-2H3/t15-/m0/s1. The summed E-state index contributed by atoms with van der Waals surface area (Å²) in [5, 5.41) is 11.0. The minimum atomic E-state index is -0.641. The minimum absolute atomic E-state index is 0.0715. The second kappa shape index (κ2) is 8.38. The van der Waals surface area contributed by atoms with Crippen LogP contribution in [0.4, 0.5) is 5.82 Å². The lowest BCUT2D eigenvalue weighted by molar-refractivity contribution is -0.120. The van der Waals surface area contributed by atoms with Gasteiger partial charge in [0.15, 0.2) is 5.82 Å². The van der Waals surface area contributed by atoms with Crippen molar-refractivity contribution in [2.24, 2.45) is 11.7 Å². The van der Waals surface area contributed by atoms with Crippen LogP contribution in [0.1, 0.15) is 20.3 Å². The molecule has 24 heavy (non-hydrogen) atoms. The Balaban J connectivity index is 2.36. The first-order valence-corrected chi connectivity index (χ1v) is 9.21. The monoisotopic (exact) mass is 406 g/mol. The summed E-state index contributed by atoms with van der Waals surface area (Å²) in [7, 11) is 0. The molecule has 0 aliphatic rings. The quantitative estimate of drug-likeness (QED) is 0.739. The van der Waals surface area contributed by atoms with E-state index in [1.54, 1.807) is 0 Å². The molecule has 5 nitrogen and oxygen atoms in total. The van der Waals surface area contributed by atoms with Gasteiger partial charge in [0.2, 0.25) is 5.91 Å². The number of hydrogen-bond acceptors (Lipinski definition) is 5. The number of benzene rings is 1. The molecule has 0 saturated heterocycles. The molecule has 0 bridgehead atoms.